The number of rotatable bonds is 5. The normalized spacial score (nSPS) is 10.2. The van der Waals surface area contributed by atoms with Crippen LogP contribution in [0.5, 0.6) is 0 Å². The van der Waals surface area contributed by atoms with Crippen molar-refractivity contribution in [3.63, 3.8) is 0 Å². The van der Waals surface area contributed by atoms with Gasteiger partial charge in [-0.2, -0.15) is 5.26 Å². The molecule has 1 aromatic heterocycles. The van der Waals surface area contributed by atoms with Gasteiger partial charge < -0.3 is 9.88 Å². The first-order chi connectivity index (χ1) is 8.81. The number of aromatic nitrogens is 2. The lowest BCUT2D eigenvalue weighted by molar-refractivity contribution is 0.773. The second kappa shape index (κ2) is 5.99. The molecule has 0 amide bonds. The SMILES string of the molecule is CNCCc1cn(Cc2cccc(C#N)c2)cn1. The Balaban J connectivity index is 2.04. The van der Waals surface area contributed by atoms with E-state index in [0.29, 0.717) is 5.56 Å². The van der Waals surface area contributed by atoms with Crippen molar-refractivity contribution < 1.29 is 0 Å². The fourth-order valence-corrected chi connectivity index (χ4v) is 1.83. The van der Waals surface area contributed by atoms with Crippen LogP contribution in [-0.2, 0) is 13.0 Å². The van der Waals surface area contributed by atoms with Crippen LogP contribution in [0, 0.1) is 11.3 Å². The molecule has 0 spiro atoms. The zero-order valence-corrected chi connectivity index (χ0v) is 10.4. The van der Waals surface area contributed by atoms with Gasteiger partial charge in [-0.1, -0.05) is 12.1 Å². The third-order valence-electron chi connectivity index (χ3n) is 2.74. The highest BCUT2D eigenvalue weighted by atomic mass is 15.0. The van der Waals surface area contributed by atoms with E-state index in [2.05, 4.69) is 22.6 Å². The first-order valence-corrected chi connectivity index (χ1v) is 5.96. The zero-order valence-electron chi connectivity index (χ0n) is 10.4. The van der Waals surface area contributed by atoms with Crippen LogP contribution < -0.4 is 5.32 Å². The van der Waals surface area contributed by atoms with Gasteiger partial charge in [-0.3, -0.25) is 0 Å². The summed E-state index contributed by atoms with van der Waals surface area (Å²) in [6.07, 6.45) is 4.82. The lowest BCUT2D eigenvalue weighted by atomic mass is 10.1. The molecule has 0 saturated heterocycles. The number of nitrogens with one attached hydrogen (secondary N) is 1. The fraction of sp³-hybridized carbons (Fsp3) is 0.286. The highest BCUT2D eigenvalue weighted by Gasteiger charge is 2.00. The second-order valence-corrected chi connectivity index (χ2v) is 4.20. The first-order valence-electron chi connectivity index (χ1n) is 5.96. The van der Waals surface area contributed by atoms with Crippen molar-refractivity contribution >= 4 is 0 Å². The van der Waals surface area contributed by atoms with Gasteiger partial charge in [0.2, 0.25) is 0 Å². The van der Waals surface area contributed by atoms with Crippen LogP contribution in [0.25, 0.3) is 0 Å². The zero-order chi connectivity index (χ0) is 12.8. The molecule has 0 fully saturated rings. The number of hydrogen-bond donors (Lipinski definition) is 1. The van der Waals surface area contributed by atoms with Gasteiger partial charge in [-0.05, 0) is 24.7 Å². The maximum atomic E-state index is 8.85. The molecule has 92 valence electrons. The molecular formula is C14H16N4. The average Bonchev–Trinajstić information content (AvgIpc) is 2.84. The van der Waals surface area contributed by atoms with Crippen molar-refractivity contribution in [1.29, 1.82) is 5.26 Å². The minimum absolute atomic E-state index is 0.697. The third kappa shape index (κ3) is 3.19. The number of benzene rings is 1. The Hall–Kier alpha value is -2.12. The van der Waals surface area contributed by atoms with Crippen LogP contribution >= 0.6 is 0 Å². The number of nitrogens with zero attached hydrogens (tertiary/aromatic N) is 3. The van der Waals surface area contributed by atoms with Crippen molar-refractivity contribution in [2.75, 3.05) is 13.6 Å². The van der Waals surface area contributed by atoms with E-state index >= 15 is 0 Å². The smallest absolute Gasteiger partial charge is 0.0991 e. The molecule has 0 saturated carbocycles. The Morgan fingerprint density at radius 1 is 1.44 bits per heavy atom. The minimum Gasteiger partial charge on any atom is -0.333 e. The van der Waals surface area contributed by atoms with E-state index < -0.39 is 0 Å². The number of hydrogen-bond acceptors (Lipinski definition) is 3. The highest BCUT2D eigenvalue weighted by Crippen LogP contribution is 2.07. The molecule has 0 bridgehead atoms. The topological polar surface area (TPSA) is 53.6 Å². The van der Waals surface area contributed by atoms with Crippen molar-refractivity contribution in [2.24, 2.45) is 0 Å². The van der Waals surface area contributed by atoms with E-state index in [1.165, 1.54) is 0 Å². The molecule has 4 heteroatoms. The van der Waals surface area contributed by atoms with Gasteiger partial charge in [0.05, 0.1) is 23.7 Å². The molecule has 0 radical (unpaired) electrons. The summed E-state index contributed by atoms with van der Waals surface area (Å²) < 4.78 is 2.04. The molecule has 0 unspecified atom stereocenters. The van der Waals surface area contributed by atoms with Crippen LogP contribution in [0.15, 0.2) is 36.8 Å². The monoisotopic (exact) mass is 240 g/mol. The molecule has 4 nitrogen and oxygen atoms in total. The summed E-state index contributed by atoms with van der Waals surface area (Å²) in [7, 11) is 1.93. The Bertz CT molecular complexity index is 551. The van der Waals surface area contributed by atoms with E-state index in [1.807, 2.05) is 42.2 Å². The maximum absolute atomic E-state index is 8.85. The second-order valence-electron chi connectivity index (χ2n) is 4.20. The molecule has 18 heavy (non-hydrogen) atoms. The van der Waals surface area contributed by atoms with Crippen molar-refractivity contribution in [1.82, 2.24) is 14.9 Å². The molecule has 1 aromatic carbocycles. The lowest BCUT2D eigenvalue weighted by Gasteiger charge is -2.02. The van der Waals surface area contributed by atoms with Crippen molar-refractivity contribution in [3.8, 4) is 6.07 Å². The maximum Gasteiger partial charge on any atom is 0.0991 e. The summed E-state index contributed by atoms with van der Waals surface area (Å²) in [5, 5.41) is 12.0. The molecule has 0 aliphatic carbocycles. The van der Waals surface area contributed by atoms with E-state index in [1.54, 1.807) is 0 Å². The Morgan fingerprint density at radius 3 is 3.11 bits per heavy atom. The number of likely N-dealkylation sites (N-methyl/N-ethyl adjacent to an activating group) is 1. The quantitative estimate of drug-likeness (QED) is 0.863. The molecule has 1 N–H and O–H groups in total. The van der Waals surface area contributed by atoms with E-state index in [4.69, 9.17) is 5.26 Å². The standard InChI is InChI=1S/C14H16N4/c1-16-6-5-14-10-18(11-17-14)9-13-4-2-3-12(7-13)8-15/h2-4,7,10-11,16H,5-6,9H2,1H3. The molecule has 2 rings (SSSR count). The average molecular weight is 240 g/mol. The lowest BCUT2D eigenvalue weighted by Crippen LogP contribution is -2.10. The van der Waals surface area contributed by atoms with Crippen molar-refractivity contribution in [2.45, 2.75) is 13.0 Å². The summed E-state index contributed by atoms with van der Waals surface area (Å²) in [5.41, 5.74) is 2.90. The summed E-state index contributed by atoms with van der Waals surface area (Å²) in [5.74, 6) is 0. The Morgan fingerprint density at radius 2 is 2.33 bits per heavy atom. The summed E-state index contributed by atoms with van der Waals surface area (Å²) >= 11 is 0. The largest absolute Gasteiger partial charge is 0.333 e. The van der Waals surface area contributed by atoms with E-state index in [-0.39, 0.29) is 0 Å². The van der Waals surface area contributed by atoms with Gasteiger partial charge >= 0.3 is 0 Å². The summed E-state index contributed by atoms with van der Waals surface area (Å²) in [6.45, 7) is 1.68. The van der Waals surface area contributed by atoms with Crippen LogP contribution in [-0.4, -0.2) is 23.1 Å². The van der Waals surface area contributed by atoms with Gasteiger partial charge in [-0.15, -0.1) is 0 Å². The molecule has 0 aliphatic heterocycles. The molecular weight excluding hydrogens is 224 g/mol. The van der Waals surface area contributed by atoms with E-state index in [9.17, 15) is 0 Å². The van der Waals surface area contributed by atoms with Crippen LogP contribution in [0.4, 0.5) is 0 Å². The van der Waals surface area contributed by atoms with Crippen molar-refractivity contribution in [3.05, 3.63) is 53.6 Å². The third-order valence-corrected chi connectivity index (χ3v) is 2.74. The van der Waals surface area contributed by atoms with Crippen LogP contribution in [0.1, 0.15) is 16.8 Å². The molecule has 1 heterocycles. The minimum atomic E-state index is 0.697. The Labute approximate surface area is 107 Å². The first kappa shape index (κ1) is 12.3. The number of imidazole rings is 1. The van der Waals surface area contributed by atoms with Gasteiger partial charge in [0.25, 0.3) is 0 Å². The Kier molecular flexibility index (Phi) is 4.11. The summed E-state index contributed by atoms with van der Waals surface area (Å²) in [4.78, 5) is 4.35. The molecule has 0 atom stereocenters. The predicted molar refractivity (Wildman–Crippen MR) is 70.1 cm³/mol. The van der Waals surface area contributed by atoms with Gasteiger partial charge in [0.15, 0.2) is 0 Å². The number of nitriles is 1. The predicted octanol–water partition coefficient (Wildman–Crippen LogP) is 1.56. The van der Waals surface area contributed by atoms with Crippen LogP contribution in [0.3, 0.4) is 0 Å². The molecule has 0 aliphatic rings. The van der Waals surface area contributed by atoms with Gasteiger partial charge in [0.1, 0.15) is 0 Å². The fourth-order valence-electron chi connectivity index (χ4n) is 1.83. The van der Waals surface area contributed by atoms with Gasteiger partial charge in [-0.25, -0.2) is 4.98 Å². The highest BCUT2D eigenvalue weighted by molar-refractivity contribution is 5.32. The molecule has 2 aromatic rings. The summed E-state index contributed by atoms with van der Waals surface area (Å²) in [6, 6.07) is 9.81. The van der Waals surface area contributed by atoms with E-state index in [0.717, 1.165) is 30.8 Å². The van der Waals surface area contributed by atoms with Gasteiger partial charge in [0, 0.05) is 25.7 Å². The van der Waals surface area contributed by atoms with Crippen LogP contribution in [0.2, 0.25) is 0 Å².